The number of carboxylic acids is 1. The molecule has 2 heterocycles. The maximum absolute atomic E-state index is 10.8. The molecule has 2 aromatic rings. The van der Waals surface area contributed by atoms with E-state index in [0.29, 0.717) is 5.82 Å². The molecule has 2 aromatic heterocycles. The molecular weight excluding hydrogens is 288 g/mol. The standard InChI is InChI=1S/C10H9BrN4O2/c1-5-2-6(11)3-13-9(5)15-4-7(12)8(14-15)10(16)17/h2-4H,12H2,1H3,(H,16,17). The van der Waals surface area contributed by atoms with Crippen molar-refractivity contribution in [3.63, 3.8) is 0 Å². The topological polar surface area (TPSA) is 94.0 Å². The Balaban J connectivity index is 2.53. The number of aromatic carboxylic acids is 1. The van der Waals surface area contributed by atoms with Gasteiger partial charge in [0.05, 0.1) is 11.9 Å². The van der Waals surface area contributed by atoms with Gasteiger partial charge in [-0.3, -0.25) is 0 Å². The van der Waals surface area contributed by atoms with Crippen LogP contribution in [0.25, 0.3) is 5.82 Å². The Labute approximate surface area is 105 Å². The van der Waals surface area contributed by atoms with Gasteiger partial charge in [0.15, 0.2) is 11.5 Å². The smallest absolute Gasteiger partial charge is 0.358 e. The molecule has 88 valence electrons. The first-order valence-electron chi connectivity index (χ1n) is 4.70. The number of nitrogen functional groups attached to an aromatic ring is 1. The molecule has 7 heteroatoms. The highest BCUT2D eigenvalue weighted by Gasteiger charge is 2.15. The molecule has 0 unspecified atom stereocenters. The number of carboxylic acid groups (broad SMARTS) is 1. The number of pyridine rings is 1. The summed E-state index contributed by atoms with van der Waals surface area (Å²) in [5, 5.41) is 12.7. The van der Waals surface area contributed by atoms with Gasteiger partial charge in [0.25, 0.3) is 0 Å². The molecule has 2 rings (SSSR count). The predicted molar refractivity (Wildman–Crippen MR) is 65.2 cm³/mol. The van der Waals surface area contributed by atoms with Gasteiger partial charge in [-0.1, -0.05) is 0 Å². The van der Waals surface area contributed by atoms with Crippen molar-refractivity contribution in [1.82, 2.24) is 14.8 Å². The van der Waals surface area contributed by atoms with Crippen molar-refractivity contribution >= 4 is 27.6 Å². The molecular formula is C10H9BrN4O2. The first kappa shape index (κ1) is 11.6. The molecule has 6 nitrogen and oxygen atoms in total. The van der Waals surface area contributed by atoms with E-state index in [1.807, 2.05) is 13.0 Å². The van der Waals surface area contributed by atoms with Crippen molar-refractivity contribution in [3.05, 3.63) is 34.2 Å². The van der Waals surface area contributed by atoms with Gasteiger partial charge in [-0.05, 0) is 34.5 Å². The van der Waals surface area contributed by atoms with Gasteiger partial charge in [-0.25, -0.2) is 14.5 Å². The first-order chi connectivity index (χ1) is 7.99. The van der Waals surface area contributed by atoms with Gasteiger partial charge >= 0.3 is 5.97 Å². The molecule has 0 bridgehead atoms. The highest BCUT2D eigenvalue weighted by Crippen LogP contribution is 2.18. The SMILES string of the molecule is Cc1cc(Br)cnc1-n1cc(N)c(C(=O)O)n1. The zero-order chi connectivity index (χ0) is 12.6. The van der Waals surface area contributed by atoms with Crippen molar-refractivity contribution in [3.8, 4) is 5.82 Å². The number of halogens is 1. The summed E-state index contributed by atoms with van der Waals surface area (Å²) in [6.07, 6.45) is 3.05. The second-order valence-electron chi connectivity index (χ2n) is 3.48. The Morgan fingerprint density at radius 1 is 1.59 bits per heavy atom. The normalized spacial score (nSPS) is 10.5. The number of aryl methyl sites for hydroxylation is 1. The summed E-state index contributed by atoms with van der Waals surface area (Å²) < 4.78 is 2.21. The third-order valence-electron chi connectivity index (χ3n) is 2.18. The molecule has 0 amide bonds. The van der Waals surface area contributed by atoms with Crippen LogP contribution in [0.3, 0.4) is 0 Å². The summed E-state index contributed by atoms with van der Waals surface area (Å²) >= 11 is 3.30. The molecule has 0 radical (unpaired) electrons. The largest absolute Gasteiger partial charge is 0.476 e. The van der Waals surface area contributed by atoms with E-state index in [9.17, 15) is 4.79 Å². The van der Waals surface area contributed by atoms with Crippen LogP contribution in [0.4, 0.5) is 5.69 Å². The van der Waals surface area contributed by atoms with Crippen LogP contribution >= 0.6 is 15.9 Å². The number of anilines is 1. The fourth-order valence-corrected chi connectivity index (χ4v) is 1.88. The van der Waals surface area contributed by atoms with Crippen LogP contribution in [0.15, 0.2) is 22.9 Å². The van der Waals surface area contributed by atoms with Gasteiger partial charge in [0.2, 0.25) is 0 Å². The Morgan fingerprint density at radius 3 is 2.82 bits per heavy atom. The van der Waals surface area contributed by atoms with Crippen LogP contribution in [-0.2, 0) is 0 Å². The second-order valence-corrected chi connectivity index (χ2v) is 4.39. The second kappa shape index (κ2) is 4.17. The Kier molecular flexibility index (Phi) is 2.84. The molecule has 0 saturated heterocycles. The Hall–Kier alpha value is -1.89. The predicted octanol–water partition coefficient (Wildman–Crippen LogP) is 1.62. The quantitative estimate of drug-likeness (QED) is 0.878. The summed E-state index contributed by atoms with van der Waals surface area (Å²) in [5.41, 5.74) is 6.36. The van der Waals surface area contributed by atoms with E-state index in [0.717, 1.165) is 10.0 Å². The highest BCUT2D eigenvalue weighted by molar-refractivity contribution is 9.10. The van der Waals surface area contributed by atoms with Crippen LogP contribution in [-0.4, -0.2) is 25.8 Å². The van der Waals surface area contributed by atoms with Crippen molar-refractivity contribution in [2.45, 2.75) is 6.92 Å². The number of nitrogens with zero attached hydrogens (tertiary/aromatic N) is 3. The molecule has 0 aliphatic rings. The Bertz CT molecular complexity index is 594. The lowest BCUT2D eigenvalue weighted by Gasteiger charge is -2.04. The highest BCUT2D eigenvalue weighted by atomic mass is 79.9. The van der Waals surface area contributed by atoms with Gasteiger partial charge in [0.1, 0.15) is 0 Å². The van der Waals surface area contributed by atoms with Crippen molar-refractivity contribution in [2.24, 2.45) is 0 Å². The van der Waals surface area contributed by atoms with E-state index in [-0.39, 0.29) is 11.4 Å². The van der Waals surface area contributed by atoms with Crippen LogP contribution < -0.4 is 5.73 Å². The maximum atomic E-state index is 10.8. The number of carbonyl (C=O) groups is 1. The van der Waals surface area contributed by atoms with Crippen LogP contribution in [0.1, 0.15) is 16.1 Å². The lowest BCUT2D eigenvalue weighted by Crippen LogP contribution is -2.04. The minimum atomic E-state index is -1.16. The number of hydrogen-bond donors (Lipinski definition) is 2. The number of hydrogen-bond acceptors (Lipinski definition) is 4. The van der Waals surface area contributed by atoms with E-state index in [1.165, 1.54) is 10.9 Å². The van der Waals surface area contributed by atoms with E-state index >= 15 is 0 Å². The van der Waals surface area contributed by atoms with Gasteiger partial charge in [-0.2, -0.15) is 5.10 Å². The zero-order valence-electron chi connectivity index (χ0n) is 8.88. The molecule has 0 fully saturated rings. The lowest BCUT2D eigenvalue weighted by atomic mass is 10.3. The zero-order valence-corrected chi connectivity index (χ0v) is 10.5. The average molecular weight is 297 g/mol. The van der Waals surface area contributed by atoms with Gasteiger partial charge in [0, 0.05) is 10.7 Å². The summed E-state index contributed by atoms with van der Waals surface area (Å²) in [7, 11) is 0. The number of aromatic nitrogens is 3. The van der Waals surface area contributed by atoms with Gasteiger partial charge < -0.3 is 10.8 Å². The average Bonchev–Trinajstić information content (AvgIpc) is 2.60. The number of rotatable bonds is 2. The fourth-order valence-electron chi connectivity index (χ4n) is 1.44. The molecule has 0 aromatic carbocycles. The summed E-state index contributed by atoms with van der Waals surface area (Å²) in [6, 6.07) is 1.86. The molecule has 3 N–H and O–H groups in total. The molecule has 0 aliphatic heterocycles. The monoisotopic (exact) mass is 296 g/mol. The van der Waals surface area contributed by atoms with E-state index in [4.69, 9.17) is 10.8 Å². The van der Waals surface area contributed by atoms with Crippen molar-refractivity contribution in [1.29, 1.82) is 0 Å². The minimum absolute atomic E-state index is 0.113. The summed E-state index contributed by atoms with van der Waals surface area (Å²) in [4.78, 5) is 15.0. The van der Waals surface area contributed by atoms with Crippen LogP contribution in [0.2, 0.25) is 0 Å². The molecule has 0 aliphatic carbocycles. The molecule has 0 saturated carbocycles. The summed E-state index contributed by atoms with van der Waals surface area (Å²) in [5.74, 6) is -0.608. The summed E-state index contributed by atoms with van der Waals surface area (Å²) in [6.45, 7) is 1.85. The van der Waals surface area contributed by atoms with E-state index in [2.05, 4.69) is 26.0 Å². The molecule has 0 spiro atoms. The third kappa shape index (κ3) is 2.14. The van der Waals surface area contributed by atoms with E-state index < -0.39 is 5.97 Å². The third-order valence-corrected chi connectivity index (χ3v) is 2.61. The van der Waals surface area contributed by atoms with Crippen molar-refractivity contribution < 1.29 is 9.90 Å². The van der Waals surface area contributed by atoms with Crippen LogP contribution in [0.5, 0.6) is 0 Å². The number of nitrogens with two attached hydrogens (primary N) is 1. The fraction of sp³-hybridized carbons (Fsp3) is 0.100. The molecule has 0 atom stereocenters. The Morgan fingerprint density at radius 2 is 2.29 bits per heavy atom. The lowest BCUT2D eigenvalue weighted by molar-refractivity contribution is 0.0691. The van der Waals surface area contributed by atoms with E-state index in [1.54, 1.807) is 6.20 Å². The first-order valence-corrected chi connectivity index (χ1v) is 5.49. The van der Waals surface area contributed by atoms with Gasteiger partial charge in [-0.15, -0.1) is 0 Å². The minimum Gasteiger partial charge on any atom is -0.476 e. The molecule has 17 heavy (non-hydrogen) atoms. The maximum Gasteiger partial charge on any atom is 0.358 e. The van der Waals surface area contributed by atoms with Crippen molar-refractivity contribution in [2.75, 3.05) is 5.73 Å². The van der Waals surface area contributed by atoms with Crippen LogP contribution in [0, 0.1) is 6.92 Å².